The minimum atomic E-state index is -0.169. The van der Waals surface area contributed by atoms with Crippen LogP contribution >= 0.6 is 0 Å². The first-order valence-corrected chi connectivity index (χ1v) is 7.56. The van der Waals surface area contributed by atoms with Crippen molar-refractivity contribution < 1.29 is 14.0 Å². The molecule has 5 heteroatoms. The highest BCUT2D eigenvalue weighted by Crippen LogP contribution is 2.28. The number of hydrogen-bond acceptors (Lipinski definition) is 3. The molecule has 2 heterocycles. The number of fused-ring (bicyclic) bond motifs is 1. The highest BCUT2D eigenvalue weighted by molar-refractivity contribution is 6.04. The van der Waals surface area contributed by atoms with E-state index < -0.39 is 0 Å². The van der Waals surface area contributed by atoms with Gasteiger partial charge >= 0.3 is 0 Å². The Kier molecular flexibility index (Phi) is 3.64. The maximum absolute atomic E-state index is 12.8. The van der Waals surface area contributed by atoms with Crippen LogP contribution < -0.4 is 0 Å². The van der Waals surface area contributed by atoms with Gasteiger partial charge in [-0.3, -0.25) is 9.59 Å². The van der Waals surface area contributed by atoms with Gasteiger partial charge in [0.1, 0.15) is 11.5 Å². The summed E-state index contributed by atoms with van der Waals surface area (Å²) in [6.45, 7) is 3.76. The zero-order valence-corrected chi connectivity index (χ0v) is 13.1. The zero-order chi connectivity index (χ0) is 15.9. The highest BCUT2D eigenvalue weighted by Gasteiger charge is 2.29. The van der Waals surface area contributed by atoms with Crippen LogP contribution in [0.5, 0.6) is 0 Å². The smallest absolute Gasteiger partial charge is 0.270 e. The summed E-state index contributed by atoms with van der Waals surface area (Å²) >= 11 is 0. The SMILES string of the molecule is Cc1c(C(=O)N(C)C(C)c2ccco2)[nH]c2c1C(=O)CCC2. The van der Waals surface area contributed by atoms with Crippen LogP contribution in [0.4, 0.5) is 0 Å². The largest absolute Gasteiger partial charge is 0.467 e. The third-order valence-electron chi connectivity index (χ3n) is 4.51. The first-order valence-electron chi connectivity index (χ1n) is 7.56. The van der Waals surface area contributed by atoms with Crippen molar-refractivity contribution in [2.75, 3.05) is 7.05 Å². The van der Waals surface area contributed by atoms with Gasteiger partial charge in [0.15, 0.2) is 5.78 Å². The van der Waals surface area contributed by atoms with E-state index in [1.165, 1.54) is 0 Å². The number of Topliss-reactive ketones (excluding diaryl/α,β-unsaturated/α-hetero) is 1. The van der Waals surface area contributed by atoms with Gasteiger partial charge in [-0.15, -0.1) is 0 Å². The number of aryl methyl sites for hydroxylation is 1. The van der Waals surface area contributed by atoms with Crippen LogP contribution in [0, 0.1) is 6.92 Å². The summed E-state index contributed by atoms with van der Waals surface area (Å²) in [5, 5.41) is 0. The fraction of sp³-hybridized carbons (Fsp3) is 0.412. The molecule has 5 nitrogen and oxygen atoms in total. The molecule has 1 atom stereocenters. The second kappa shape index (κ2) is 5.48. The summed E-state index contributed by atoms with van der Waals surface area (Å²) < 4.78 is 5.37. The van der Waals surface area contributed by atoms with Crippen molar-refractivity contribution in [2.45, 2.75) is 39.2 Å². The number of amides is 1. The number of aromatic nitrogens is 1. The van der Waals surface area contributed by atoms with Gasteiger partial charge in [-0.1, -0.05) is 0 Å². The Morgan fingerprint density at radius 1 is 1.41 bits per heavy atom. The molecule has 1 amide bonds. The summed E-state index contributed by atoms with van der Waals surface area (Å²) in [5.74, 6) is 0.750. The molecule has 22 heavy (non-hydrogen) atoms. The summed E-state index contributed by atoms with van der Waals surface area (Å²) in [6, 6.07) is 3.49. The average molecular weight is 300 g/mol. The number of carbonyl (C=O) groups excluding carboxylic acids is 2. The third kappa shape index (κ3) is 2.26. The Balaban J connectivity index is 1.91. The molecule has 0 aliphatic heterocycles. The van der Waals surface area contributed by atoms with E-state index in [9.17, 15) is 9.59 Å². The first-order chi connectivity index (χ1) is 10.5. The lowest BCUT2D eigenvalue weighted by Crippen LogP contribution is -2.30. The number of nitrogens with one attached hydrogen (secondary N) is 1. The Bertz CT molecular complexity index is 713. The molecule has 0 bridgehead atoms. The van der Waals surface area contributed by atoms with Gasteiger partial charge in [0, 0.05) is 24.7 Å². The average Bonchev–Trinajstić information content (AvgIpc) is 3.14. The Labute approximate surface area is 129 Å². The molecule has 1 aliphatic carbocycles. The van der Waals surface area contributed by atoms with Gasteiger partial charge in [0.2, 0.25) is 0 Å². The molecule has 0 aromatic carbocycles. The molecule has 2 aromatic heterocycles. The Hall–Kier alpha value is -2.30. The quantitative estimate of drug-likeness (QED) is 0.946. The molecule has 0 fully saturated rings. The summed E-state index contributed by atoms with van der Waals surface area (Å²) in [6.07, 6.45) is 3.84. The topological polar surface area (TPSA) is 66.3 Å². The lowest BCUT2D eigenvalue weighted by molar-refractivity contribution is 0.0720. The highest BCUT2D eigenvalue weighted by atomic mass is 16.3. The Morgan fingerprint density at radius 2 is 2.18 bits per heavy atom. The second-order valence-electron chi connectivity index (χ2n) is 5.86. The number of nitrogens with zero attached hydrogens (tertiary/aromatic N) is 1. The number of furan rings is 1. The van der Waals surface area contributed by atoms with Crippen molar-refractivity contribution in [3.8, 4) is 0 Å². The van der Waals surface area contributed by atoms with E-state index in [4.69, 9.17) is 4.42 Å². The molecular weight excluding hydrogens is 280 g/mol. The lowest BCUT2D eigenvalue weighted by Gasteiger charge is -2.23. The summed E-state index contributed by atoms with van der Waals surface area (Å²) in [5.41, 5.74) is 2.90. The van der Waals surface area contributed by atoms with Crippen LogP contribution in [0.3, 0.4) is 0 Å². The van der Waals surface area contributed by atoms with Crippen molar-refractivity contribution in [3.63, 3.8) is 0 Å². The molecule has 0 radical (unpaired) electrons. The van der Waals surface area contributed by atoms with Crippen LogP contribution in [0.25, 0.3) is 0 Å². The van der Waals surface area contributed by atoms with Gasteiger partial charge in [0.25, 0.3) is 5.91 Å². The maximum atomic E-state index is 12.8. The van der Waals surface area contributed by atoms with Crippen LogP contribution in [-0.4, -0.2) is 28.6 Å². The molecule has 1 unspecified atom stereocenters. The molecule has 3 rings (SSSR count). The number of ketones is 1. The van der Waals surface area contributed by atoms with Crippen molar-refractivity contribution >= 4 is 11.7 Å². The molecular formula is C17H20N2O3. The number of H-pyrrole nitrogens is 1. The summed E-state index contributed by atoms with van der Waals surface area (Å²) in [4.78, 5) is 29.6. The number of aromatic amines is 1. The van der Waals surface area contributed by atoms with Crippen LogP contribution in [0.2, 0.25) is 0 Å². The molecule has 0 saturated carbocycles. The predicted octanol–water partition coefficient (Wildman–Crippen LogP) is 3.27. The molecule has 0 saturated heterocycles. The fourth-order valence-electron chi connectivity index (χ4n) is 3.06. The third-order valence-corrected chi connectivity index (χ3v) is 4.51. The minimum absolute atomic E-state index is 0.122. The van der Waals surface area contributed by atoms with E-state index >= 15 is 0 Å². The molecule has 2 aromatic rings. The van der Waals surface area contributed by atoms with Crippen LogP contribution in [-0.2, 0) is 6.42 Å². The molecule has 116 valence electrons. The van der Waals surface area contributed by atoms with Gasteiger partial charge in [-0.2, -0.15) is 0 Å². The van der Waals surface area contributed by atoms with Crippen LogP contribution in [0.1, 0.15) is 63.7 Å². The molecule has 1 N–H and O–H groups in total. The minimum Gasteiger partial charge on any atom is -0.467 e. The van der Waals surface area contributed by atoms with E-state index in [1.807, 2.05) is 19.9 Å². The van der Waals surface area contributed by atoms with E-state index in [1.54, 1.807) is 24.3 Å². The molecule has 1 aliphatic rings. The van der Waals surface area contributed by atoms with Crippen molar-refractivity contribution in [1.29, 1.82) is 0 Å². The van der Waals surface area contributed by atoms with Gasteiger partial charge < -0.3 is 14.3 Å². The van der Waals surface area contributed by atoms with Crippen LogP contribution in [0.15, 0.2) is 22.8 Å². The standard InChI is InChI=1S/C17H20N2O3/c1-10-15-12(6-4-7-13(15)20)18-16(10)17(21)19(3)11(2)14-8-5-9-22-14/h5,8-9,11,18H,4,6-7H2,1-3H3. The van der Waals surface area contributed by atoms with Gasteiger partial charge in [-0.05, 0) is 44.4 Å². The van der Waals surface area contributed by atoms with Crippen molar-refractivity contribution in [1.82, 2.24) is 9.88 Å². The van der Waals surface area contributed by atoms with Crippen molar-refractivity contribution in [2.24, 2.45) is 0 Å². The first kappa shape index (κ1) is 14.6. The Morgan fingerprint density at radius 3 is 2.82 bits per heavy atom. The maximum Gasteiger partial charge on any atom is 0.270 e. The normalized spacial score (nSPS) is 15.5. The predicted molar refractivity (Wildman–Crippen MR) is 82.0 cm³/mol. The van der Waals surface area contributed by atoms with Crippen molar-refractivity contribution in [3.05, 3.63) is 46.7 Å². The molecule has 0 spiro atoms. The summed E-state index contributed by atoms with van der Waals surface area (Å²) in [7, 11) is 1.75. The van der Waals surface area contributed by atoms with E-state index in [0.29, 0.717) is 17.7 Å². The van der Waals surface area contributed by atoms with Gasteiger partial charge in [0.05, 0.1) is 12.3 Å². The fourth-order valence-corrected chi connectivity index (χ4v) is 3.06. The number of carbonyl (C=O) groups is 2. The second-order valence-corrected chi connectivity index (χ2v) is 5.86. The van der Waals surface area contributed by atoms with E-state index in [2.05, 4.69) is 4.98 Å². The zero-order valence-electron chi connectivity index (χ0n) is 13.1. The van der Waals surface area contributed by atoms with E-state index in [0.717, 1.165) is 29.9 Å². The van der Waals surface area contributed by atoms with Gasteiger partial charge in [-0.25, -0.2) is 0 Å². The lowest BCUT2D eigenvalue weighted by atomic mass is 9.93. The number of rotatable bonds is 3. The monoisotopic (exact) mass is 300 g/mol. The van der Waals surface area contributed by atoms with E-state index in [-0.39, 0.29) is 17.7 Å². The number of hydrogen-bond donors (Lipinski definition) is 1.